The molecule has 6 heteroatoms. The second kappa shape index (κ2) is 7.09. The minimum Gasteiger partial charge on any atom is -0.308 e. The van der Waals surface area contributed by atoms with E-state index >= 15 is 0 Å². The molecule has 5 nitrogen and oxygen atoms in total. The monoisotopic (exact) mass is 344 g/mol. The van der Waals surface area contributed by atoms with E-state index in [-0.39, 0.29) is 6.03 Å². The first-order valence-corrected chi connectivity index (χ1v) is 8.49. The Morgan fingerprint density at radius 1 is 1.29 bits per heavy atom. The van der Waals surface area contributed by atoms with Crippen molar-refractivity contribution < 1.29 is 4.79 Å². The molecule has 2 aromatic rings. The molecule has 0 atom stereocenters. The molecule has 0 bridgehead atoms. The minimum atomic E-state index is -0.307. The molecule has 1 heterocycles. The van der Waals surface area contributed by atoms with Gasteiger partial charge in [-0.25, -0.2) is 4.79 Å². The highest BCUT2D eigenvalue weighted by molar-refractivity contribution is 6.30. The number of carbonyl (C=O) groups excluding carboxylic acids is 1. The molecule has 0 aliphatic heterocycles. The number of amides is 2. The molecular weight excluding hydrogens is 324 g/mol. The average Bonchev–Trinajstić information content (AvgIpc) is 2.82. The number of nitrogens with zero attached hydrogens (tertiary/aromatic N) is 2. The van der Waals surface area contributed by atoms with Crippen LogP contribution >= 0.6 is 11.6 Å². The number of hydrogen-bond acceptors (Lipinski definition) is 2. The van der Waals surface area contributed by atoms with Crippen molar-refractivity contribution in [3.05, 3.63) is 46.6 Å². The Morgan fingerprint density at radius 3 is 2.83 bits per heavy atom. The average molecular weight is 345 g/mol. The molecule has 1 aromatic carbocycles. The summed E-state index contributed by atoms with van der Waals surface area (Å²) in [5.74, 6) is 0.722. The van der Waals surface area contributed by atoms with Crippen LogP contribution in [-0.2, 0) is 7.05 Å². The van der Waals surface area contributed by atoms with Gasteiger partial charge in [-0.2, -0.15) is 5.10 Å². The molecule has 0 spiro atoms. The standard InChI is InChI=1S/C18H21ClN4O/c1-12-16(13-7-4-3-5-8-13)17(23(2)22-12)21-18(24)20-15-10-6-9-14(19)11-15/h6-7,9-11H,3-5,8H2,1-2H3,(H2,20,21,24). The Bertz CT molecular complexity index is 794. The molecule has 0 unspecified atom stereocenters. The predicted octanol–water partition coefficient (Wildman–Crippen LogP) is 4.98. The number of anilines is 2. The lowest BCUT2D eigenvalue weighted by atomic mass is 9.93. The molecule has 1 aliphatic carbocycles. The topological polar surface area (TPSA) is 59.0 Å². The van der Waals surface area contributed by atoms with E-state index < -0.39 is 0 Å². The number of aromatic nitrogens is 2. The first-order chi connectivity index (χ1) is 11.5. The van der Waals surface area contributed by atoms with E-state index in [1.807, 2.05) is 14.0 Å². The summed E-state index contributed by atoms with van der Waals surface area (Å²) in [6.45, 7) is 1.98. The van der Waals surface area contributed by atoms with Gasteiger partial charge >= 0.3 is 6.03 Å². The highest BCUT2D eigenvalue weighted by Crippen LogP contribution is 2.33. The van der Waals surface area contributed by atoms with Crippen LogP contribution in [0.3, 0.4) is 0 Å². The van der Waals surface area contributed by atoms with Crippen LogP contribution in [0.2, 0.25) is 5.02 Å². The zero-order valence-corrected chi connectivity index (χ0v) is 14.7. The number of nitrogens with one attached hydrogen (secondary N) is 2. The van der Waals surface area contributed by atoms with E-state index in [9.17, 15) is 4.79 Å². The van der Waals surface area contributed by atoms with E-state index in [2.05, 4.69) is 21.8 Å². The van der Waals surface area contributed by atoms with Crippen molar-refractivity contribution in [3.8, 4) is 0 Å². The summed E-state index contributed by atoms with van der Waals surface area (Å²) in [5.41, 5.74) is 3.89. The van der Waals surface area contributed by atoms with Gasteiger partial charge in [-0.15, -0.1) is 0 Å². The Morgan fingerprint density at radius 2 is 2.12 bits per heavy atom. The number of urea groups is 1. The Hall–Kier alpha value is -2.27. The fraction of sp³-hybridized carbons (Fsp3) is 0.333. The van der Waals surface area contributed by atoms with Gasteiger partial charge in [0.25, 0.3) is 0 Å². The summed E-state index contributed by atoms with van der Waals surface area (Å²) in [5, 5.41) is 10.8. The molecule has 126 valence electrons. The Balaban J connectivity index is 1.82. The number of benzene rings is 1. The van der Waals surface area contributed by atoms with E-state index in [0.717, 1.165) is 29.9 Å². The van der Waals surface area contributed by atoms with Gasteiger partial charge in [-0.05, 0) is 56.4 Å². The van der Waals surface area contributed by atoms with Crippen LogP contribution in [0, 0.1) is 6.92 Å². The zero-order valence-electron chi connectivity index (χ0n) is 13.9. The smallest absolute Gasteiger partial charge is 0.308 e. The van der Waals surface area contributed by atoms with Crippen molar-refractivity contribution in [3.63, 3.8) is 0 Å². The first kappa shape index (κ1) is 16.6. The van der Waals surface area contributed by atoms with Crippen LogP contribution in [0.5, 0.6) is 0 Å². The number of hydrogen-bond donors (Lipinski definition) is 2. The molecule has 1 aromatic heterocycles. The summed E-state index contributed by atoms with van der Waals surface area (Å²) in [7, 11) is 1.84. The largest absolute Gasteiger partial charge is 0.324 e. The third-order valence-corrected chi connectivity index (χ3v) is 4.38. The van der Waals surface area contributed by atoms with E-state index in [0.29, 0.717) is 10.7 Å². The maximum atomic E-state index is 12.4. The van der Waals surface area contributed by atoms with Gasteiger partial charge < -0.3 is 5.32 Å². The van der Waals surface area contributed by atoms with Gasteiger partial charge in [0.1, 0.15) is 5.82 Å². The number of halogens is 1. The lowest BCUT2D eigenvalue weighted by Gasteiger charge is -2.15. The van der Waals surface area contributed by atoms with Crippen LogP contribution < -0.4 is 10.6 Å². The summed E-state index contributed by atoms with van der Waals surface area (Å²) >= 11 is 5.95. The maximum Gasteiger partial charge on any atom is 0.324 e. The van der Waals surface area contributed by atoms with Crippen molar-refractivity contribution in [1.82, 2.24) is 9.78 Å². The SMILES string of the molecule is Cc1nn(C)c(NC(=O)Nc2cccc(Cl)c2)c1C1=CCCCC1. The normalized spacial score (nSPS) is 14.2. The molecule has 0 radical (unpaired) electrons. The van der Waals surface area contributed by atoms with Crippen LogP contribution in [0.15, 0.2) is 30.3 Å². The maximum absolute atomic E-state index is 12.4. The van der Waals surface area contributed by atoms with Crippen molar-refractivity contribution in [2.45, 2.75) is 32.6 Å². The third kappa shape index (κ3) is 3.62. The van der Waals surface area contributed by atoms with E-state index in [1.165, 1.54) is 18.4 Å². The van der Waals surface area contributed by atoms with Gasteiger partial charge in [-0.3, -0.25) is 10.00 Å². The van der Waals surface area contributed by atoms with Crippen molar-refractivity contribution in [1.29, 1.82) is 0 Å². The van der Waals surface area contributed by atoms with Crippen molar-refractivity contribution in [2.24, 2.45) is 7.05 Å². The van der Waals surface area contributed by atoms with Gasteiger partial charge in [0.2, 0.25) is 0 Å². The second-order valence-corrected chi connectivity index (χ2v) is 6.43. The lowest BCUT2D eigenvalue weighted by molar-refractivity contribution is 0.262. The van der Waals surface area contributed by atoms with Crippen molar-refractivity contribution in [2.75, 3.05) is 10.6 Å². The summed E-state index contributed by atoms with van der Waals surface area (Å²) < 4.78 is 1.72. The van der Waals surface area contributed by atoms with Gasteiger partial charge in [0.05, 0.1) is 5.69 Å². The van der Waals surface area contributed by atoms with Gasteiger partial charge in [0.15, 0.2) is 0 Å². The molecule has 2 amide bonds. The number of carbonyl (C=O) groups is 1. The second-order valence-electron chi connectivity index (χ2n) is 6.00. The highest BCUT2D eigenvalue weighted by atomic mass is 35.5. The molecule has 24 heavy (non-hydrogen) atoms. The number of aryl methyl sites for hydroxylation is 2. The third-order valence-electron chi connectivity index (χ3n) is 4.15. The Labute approximate surface area is 146 Å². The van der Waals surface area contributed by atoms with Crippen LogP contribution in [0.4, 0.5) is 16.3 Å². The molecule has 0 saturated carbocycles. The highest BCUT2D eigenvalue weighted by Gasteiger charge is 2.20. The quantitative estimate of drug-likeness (QED) is 0.824. The van der Waals surface area contributed by atoms with Crippen molar-refractivity contribution >= 4 is 34.7 Å². The van der Waals surface area contributed by atoms with E-state index in [1.54, 1.807) is 28.9 Å². The van der Waals surface area contributed by atoms with Gasteiger partial charge in [-0.1, -0.05) is 23.7 Å². The minimum absolute atomic E-state index is 0.307. The molecule has 0 saturated heterocycles. The summed E-state index contributed by atoms with van der Waals surface area (Å²) in [6, 6.07) is 6.76. The number of allylic oxidation sites excluding steroid dienone is 2. The molecule has 3 rings (SSSR count). The van der Waals surface area contributed by atoms with Crippen LogP contribution in [-0.4, -0.2) is 15.8 Å². The fourth-order valence-electron chi connectivity index (χ4n) is 3.09. The zero-order chi connectivity index (χ0) is 17.1. The molecule has 1 aliphatic rings. The first-order valence-electron chi connectivity index (χ1n) is 8.11. The lowest BCUT2D eigenvalue weighted by Crippen LogP contribution is -2.21. The summed E-state index contributed by atoms with van der Waals surface area (Å²) in [4.78, 5) is 12.4. The molecule has 2 N–H and O–H groups in total. The Kier molecular flexibility index (Phi) is 4.90. The fourth-order valence-corrected chi connectivity index (χ4v) is 3.28. The summed E-state index contributed by atoms with van der Waals surface area (Å²) in [6.07, 6.45) is 6.76. The predicted molar refractivity (Wildman–Crippen MR) is 98.5 cm³/mol. The number of rotatable bonds is 3. The van der Waals surface area contributed by atoms with Crippen LogP contribution in [0.25, 0.3) is 5.57 Å². The van der Waals surface area contributed by atoms with E-state index in [4.69, 9.17) is 11.6 Å². The van der Waals surface area contributed by atoms with Crippen LogP contribution in [0.1, 0.15) is 36.9 Å². The molecular formula is C18H21ClN4O. The molecule has 0 fully saturated rings. The van der Waals surface area contributed by atoms with Gasteiger partial charge in [0, 0.05) is 23.3 Å².